The van der Waals surface area contributed by atoms with Gasteiger partial charge in [0.25, 0.3) is 0 Å². The second-order valence-corrected chi connectivity index (χ2v) is 5.12. The molecule has 0 radical (unpaired) electrons. The fourth-order valence-electron chi connectivity index (χ4n) is 2.45. The molecule has 3 N–H and O–H groups in total. The number of nitrogens with one attached hydrogen (secondary N) is 1. The highest BCUT2D eigenvalue weighted by Crippen LogP contribution is 2.32. The minimum absolute atomic E-state index is 0.0984. The van der Waals surface area contributed by atoms with Crippen LogP contribution in [0.3, 0.4) is 0 Å². The Morgan fingerprint density at radius 1 is 1.30 bits per heavy atom. The van der Waals surface area contributed by atoms with Crippen LogP contribution in [0.5, 0.6) is 0 Å². The molecule has 3 nitrogen and oxygen atoms in total. The Hall–Kier alpha value is -1.56. The van der Waals surface area contributed by atoms with Gasteiger partial charge in [-0.25, -0.2) is 0 Å². The van der Waals surface area contributed by atoms with Gasteiger partial charge in [0.15, 0.2) is 5.78 Å². The Balaban J connectivity index is 2.10. The molecule has 0 amide bonds. The van der Waals surface area contributed by atoms with E-state index in [9.17, 15) is 18.0 Å². The molecule has 110 valence electrons. The van der Waals surface area contributed by atoms with E-state index in [1.165, 1.54) is 6.07 Å². The van der Waals surface area contributed by atoms with Crippen molar-refractivity contribution in [3.05, 3.63) is 29.3 Å². The number of hydrogen-bond donors (Lipinski definition) is 2. The quantitative estimate of drug-likeness (QED) is 0.663. The van der Waals surface area contributed by atoms with Crippen LogP contribution in [0.4, 0.5) is 18.9 Å². The molecule has 1 saturated heterocycles. The lowest BCUT2D eigenvalue weighted by atomic mass is 9.90. The van der Waals surface area contributed by atoms with Crippen molar-refractivity contribution in [1.29, 1.82) is 0 Å². The first-order valence-electron chi connectivity index (χ1n) is 6.58. The van der Waals surface area contributed by atoms with Crippen molar-refractivity contribution in [3.63, 3.8) is 0 Å². The van der Waals surface area contributed by atoms with Crippen molar-refractivity contribution in [2.45, 2.75) is 25.4 Å². The van der Waals surface area contributed by atoms with Gasteiger partial charge in [0.05, 0.1) is 5.56 Å². The van der Waals surface area contributed by atoms with Crippen LogP contribution < -0.4 is 11.1 Å². The van der Waals surface area contributed by atoms with Gasteiger partial charge in [-0.15, -0.1) is 0 Å². The van der Waals surface area contributed by atoms with E-state index >= 15 is 0 Å². The van der Waals surface area contributed by atoms with E-state index in [2.05, 4.69) is 5.32 Å². The number of piperidine rings is 1. The lowest BCUT2D eigenvalue weighted by Gasteiger charge is -2.22. The number of carbonyl (C=O) groups excluding carboxylic acids is 1. The van der Waals surface area contributed by atoms with Crippen molar-refractivity contribution in [3.8, 4) is 0 Å². The van der Waals surface area contributed by atoms with Gasteiger partial charge in [0.1, 0.15) is 0 Å². The number of alkyl halides is 3. The summed E-state index contributed by atoms with van der Waals surface area (Å²) < 4.78 is 37.6. The third-order valence-corrected chi connectivity index (χ3v) is 3.61. The van der Waals surface area contributed by atoms with Crippen molar-refractivity contribution in [2.75, 3.05) is 18.8 Å². The van der Waals surface area contributed by atoms with Gasteiger partial charge in [-0.2, -0.15) is 13.2 Å². The molecule has 0 aromatic heterocycles. The summed E-state index contributed by atoms with van der Waals surface area (Å²) in [6, 6.07) is 2.92. The molecule has 1 aliphatic heterocycles. The largest absolute Gasteiger partial charge is 0.416 e. The summed E-state index contributed by atoms with van der Waals surface area (Å²) in [5.41, 5.74) is 4.86. The van der Waals surface area contributed by atoms with Crippen molar-refractivity contribution >= 4 is 11.5 Å². The topological polar surface area (TPSA) is 55.1 Å². The highest BCUT2D eigenvalue weighted by atomic mass is 19.4. The Labute approximate surface area is 115 Å². The van der Waals surface area contributed by atoms with Crippen LogP contribution in [0.25, 0.3) is 0 Å². The lowest BCUT2D eigenvalue weighted by Crippen LogP contribution is -2.29. The molecule has 2 rings (SSSR count). The maximum absolute atomic E-state index is 12.5. The predicted octanol–water partition coefficient (Wildman–Crippen LogP) is 2.86. The number of nitrogen functional groups attached to an aromatic ring is 1. The molecule has 0 bridgehead atoms. The number of anilines is 1. The lowest BCUT2D eigenvalue weighted by molar-refractivity contribution is -0.137. The van der Waals surface area contributed by atoms with E-state index in [0.717, 1.165) is 38.1 Å². The van der Waals surface area contributed by atoms with Gasteiger partial charge in [0.2, 0.25) is 0 Å². The fourth-order valence-corrected chi connectivity index (χ4v) is 2.45. The summed E-state index contributed by atoms with van der Waals surface area (Å²) in [5, 5.41) is 3.20. The van der Waals surface area contributed by atoms with E-state index in [0.29, 0.717) is 6.42 Å². The highest BCUT2D eigenvalue weighted by Gasteiger charge is 2.31. The number of benzene rings is 1. The monoisotopic (exact) mass is 286 g/mol. The van der Waals surface area contributed by atoms with Gasteiger partial charge in [-0.05, 0) is 50.0 Å². The first-order valence-corrected chi connectivity index (χ1v) is 6.58. The van der Waals surface area contributed by atoms with E-state index in [1.807, 2.05) is 0 Å². The van der Waals surface area contributed by atoms with Gasteiger partial charge in [-0.1, -0.05) is 0 Å². The number of halogens is 3. The summed E-state index contributed by atoms with van der Waals surface area (Å²) in [6.07, 6.45) is -2.28. The molecular formula is C14H17F3N2O. The molecule has 1 aromatic carbocycles. The van der Waals surface area contributed by atoms with Gasteiger partial charge in [0, 0.05) is 17.7 Å². The number of rotatable bonds is 3. The summed E-state index contributed by atoms with van der Waals surface area (Å²) in [5.74, 6) is 0.105. The van der Waals surface area contributed by atoms with Crippen LogP contribution in [0, 0.1) is 5.92 Å². The van der Waals surface area contributed by atoms with Crippen LogP contribution in [0.1, 0.15) is 35.2 Å². The zero-order valence-electron chi connectivity index (χ0n) is 11.0. The van der Waals surface area contributed by atoms with Crippen molar-refractivity contribution in [1.82, 2.24) is 5.32 Å². The average Bonchev–Trinajstić information content (AvgIpc) is 2.38. The molecule has 6 heteroatoms. The Kier molecular flexibility index (Phi) is 4.32. The normalized spacial score (nSPS) is 17.1. The summed E-state index contributed by atoms with van der Waals surface area (Å²) in [4.78, 5) is 12.1. The molecule has 0 unspecified atom stereocenters. The molecule has 1 fully saturated rings. The third kappa shape index (κ3) is 3.50. The van der Waals surface area contributed by atoms with Crippen molar-refractivity contribution in [2.24, 2.45) is 5.92 Å². The molecule has 1 aromatic rings. The molecule has 0 saturated carbocycles. The molecule has 20 heavy (non-hydrogen) atoms. The second kappa shape index (κ2) is 5.83. The fraction of sp³-hybridized carbons (Fsp3) is 0.500. The maximum Gasteiger partial charge on any atom is 0.416 e. The molecular weight excluding hydrogens is 269 g/mol. The number of nitrogens with two attached hydrogens (primary N) is 1. The van der Waals surface area contributed by atoms with Crippen LogP contribution in [-0.4, -0.2) is 18.9 Å². The average molecular weight is 286 g/mol. The molecule has 0 spiro atoms. The van der Waals surface area contributed by atoms with Crippen molar-refractivity contribution < 1.29 is 18.0 Å². The molecule has 1 heterocycles. The highest BCUT2D eigenvalue weighted by molar-refractivity contribution is 6.01. The minimum Gasteiger partial charge on any atom is -0.398 e. The Morgan fingerprint density at radius 3 is 2.50 bits per heavy atom. The van der Waals surface area contributed by atoms with Crippen LogP contribution in [0.2, 0.25) is 0 Å². The van der Waals surface area contributed by atoms with Gasteiger partial charge >= 0.3 is 6.18 Å². The van der Waals surface area contributed by atoms with E-state index in [4.69, 9.17) is 5.73 Å². The SMILES string of the molecule is Nc1cc(C(F)(F)F)ccc1C(=O)CC1CCNCC1. The maximum atomic E-state index is 12.5. The minimum atomic E-state index is -4.44. The van der Waals surface area contributed by atoms with Gasteiger partial charge < -0.3 is 11.1 Å². The smallest absolute Gasteiger partial charge is 0.398 e. The van der Waals surface area contributed by atoms with E-state index < -0.39 is 11.7 Å². The zero-order valence-corrected chi connectivity index (χ0v) is 11.0. The summed E-state index contributed by atoms with van der Waals surface area (Å²) in [7, 11) is 0. The molecule has 1 aliphatic rings. The summed E-state index contributed by atoms with van der Waals surface area (Å²) in [6.45, 7) is 1.75. The molecule has 0 aliphatic carbocycles. The van der Waals surface area contributed by atoms with Crippen LogP contribution in [-0.2, 0) is 6.18 Å². The first-order chi connectivity index (χ1) is 9.38. The predicted molar refractivity (Wildman–Crippen MR) is 70.4 cm³/mol. The molecule has 0 atom stereocenters. The van der Waals surface area contributed by atoms with E-state index in [1.54, 1.807) is 0 Å². The van der Waals surface area contributed by atoms with Crippen LogP contribution in [0.15, 0.2) is 18.2 Å². The summed E-state index contributed by atoms with van der Waals surface area (Å²) >= 11 is 0. The second-order valence-electron chi connectivity index (χ2n) is 5.12. The van der Waals surface area contributed by atoms with E-state index in [-0.39, 0.29) is 23.0 Å². The Bertz CT molecular complexity index is 494. The van der Waals surface area contributed by atoms with Gasteiger partial charge in [-0.3, -0.25) is 4.79 Å². The standard InChI is InChI=1S/C14H17F3N2O/c15-14(16,17)10-1-2-11(12(18)8-10)13(20)7-9-3-5-19-6-4-9/h1-2,8-9,19H,3-7,18H2. The zero-order chi connectivity index (χ0) is 14.8. The number of ketones is 1. The third-order valence-electron chi connectivity index (χ3n) is 3.61. The number of Topliss-reactive ketones (excluding diaryl/α,β-unsaturated/α-hetero) is 1. The Morgan fingerprint density at radius 2 is 1.95 bits per heavy atom. The number of hydrogen-bond acceptors (Lipinski definition) is 3. The first kappa shape index (κ1) is 14.8. The van der Waals surface area contributed by atoms with Crippen LogP contribution >= 0.6 is 0 Å². The number of carbonyl (C=O) groups is 1.